The molecule has 0 atom stereocenters. The van der Waals surface area contributed by atoms with Crippen LogP contribution in [0.4, 0.5) is 0 Å². The first kappa shape index (κ1) is 18.1. The van der Waals surface area contributed by atoms with Gasteiger partial charge in [-0.05, 0) is 56.8 Å². The maximum atomic E-state index is 11.9. The third-order valence-electron chi connectivity index (χ3n) is 5.78. The molecule has 2 heterocycles. The van der Waals surface area contributed by atoms with Gasteiger partial charge in [0, 0.05) is 26.1 Å². The van der Waals surface area contributed by atoms with Crippen molar-refractivity contribution in [1.29, 1.82) is 0 Å². The van der Waals surface area contributed by atoms with Gasteiger partial charge in [-0.15, -0.1) is 0 Å². The Kier molecular flexibility index (Phi) is 5.84. The maximum Gasteiger partial charge on any atom is 0.222 e. The van der Waals surface area contributed by atoms with Gasteiger partial charge in [0.25, 0.3) is 0 Å². The molecule has 1 aromatic rings. The normalized spacial score (nSPS) is 20.7. The van der Waals surface area contributed by atoms with Crippen molar-refractivity contribution >= 4 is 5.91 Å². The Bertz CT molecular complexity index is 582. The molecule has 0 unspecified atom stereocenters. The molecule has 1 spiro atoms. The molecule has 25 heavy (non-hydrogen) atoms. The lowest BCUT2D eigenvalue weighted by Crippen LogP contribution is -2.51. The number of rotatable bonds is 6. The predicted octanol–water partition coefficient (Wildman–Crippen LogP) is 2.80. The zero-order valence-corrected chi connectivity index (χ0v) is 15.5. The van der Waals surface area contributed by atoms with Gasteiger partial charge in [0.05, 0.1) is 7.11 Å². The number of carbonyl (C=O) groups excluding carboxylic acids is 1. The predicted molar refractivity (Wildman–Crippen MR) is 98.1 cm³/mol. The third-order valence-corrected chi connectivity index (χ3v) is 5.78. The molecular formula is C20H30N2O3. The van der Waals surface area contributed by atoms with Crippen molar-refractivity contribution in [3.05, 3.63) is 24.3 Å². The van der Waals surface area contributed by atoms with Crippen LogP contribution in [0.2, 0.25) is 0 Å². The average molecular weight is 346 g/mol. The molecule has 0 saturated carbocycles. The molecule has 2 fully saturated rings. The number of methoxy groups -OCH3 is 1. The number of amides is 1. The minimum atomic E-state index is 0.334. The highest BCUT2D eigenvalue weighted by Gasteiger charge is 2.40. The zero-order valence-electron chi connectivity index (χ0n) is 15.5. The zero-order chi connectivity index (χ0) is 17.7. The van der Waals surface area contributed by atoms with E-state index >= 15 is 0 Å². The number of hydrogen-bond donors (Lipinski definition) is 0. The summed E-state index contributed by atoms with van der Waals surface area (Å²) in [6.45, 7) is 7.69. The number of carbonyl (C=O) groups is 1. The van der Waals surface area contributed by atoms with E-state index in [1.54, 1.807) is 7.11 Å². The van der Waals surface area contributed by atoms with Crippen LogP contribution in [-0.4, -0.2) is 62.1 Å². The van der Waals surface area contributed by atoms with Gasteiger partial charge in [0.15, 0.2) is 11.5 Å². The number of hydrogen-bond acceptors (Lipinski definition) is 4. The summed E-state index contributed by atoms with van der Waals surface area (Å²) < 4.78 is 11.2. The molecule has 2 aliphatic heterocycles. The Morgan fingerprint density at radius 2 is 1.84 bits per heavy atom. The van der Waals surface area contributed by atoms with Crippen LogP contribution < -0.4 is 9.47 Å². The summed E-state index contributed by atoms with van der Waals surface area (Å²) in [4.78, 5) is 16.5. The first-order valence-electron chi connectivity index (χ1n) is 9.42. The van der Waals surface area contributed by atoms with Crippen LogP contribution in [0, 0.1) is 5.41 Å². The van der Waals surface area contributed by atoms with Gasteiger partial charge in [-0.25, -0.2) is 0 Å². The van der Waals surface area contributed by atoms with Gasteiger partial charge in [-0.2, -0.15) is 0 Å². The molecule has 0 bridgehead atoms. The fourth-order valence-corrected chi connectivity index (χ4v) is 4.07. The highest BCUT2D eigenvalue weighted by molar-refractivity contribution is 5.77. The summed E-state index contributed by atoms with van der Waals surface area (Å²) in [6, 6.07) is 7.78. The van der Waals surface area contributed by atoms with E-state index in [0.29, 0.717) is 17.9 Å². The number of nitrogens with zero attached hydrogens (tertiary/aromatic N) is 2. The summed E-state index contributed by atoms with van der Waals surface area (Å²) in [5, 5.41) is 0. The average Bonchev–Trinajstić information content (AvgIpc) is 2.66. The molecule has 0 aliphatic carbocycles. The van der Waals surface area contributed by atoms with Crippen LogP contribution >= 0.6 is 0 Å². The van der Waals surface area contributed by atoms with Crippen LogP contribution in [0.3, 0.4) is 0 Å². The molecule has 0 aromatic heterocycles. The van der Waals surface area contributed by atoms with Crippen molar-refractivity contribution in [1.82, 2.24) is 9.80 Å². The first-order valence-corrected chi connectivity index (χ1v) is 9.42. The summed E-state index contributed by atoms with van der Waals surface area (Å²) in [6.07, 6.45) is 4.16. The Balaban J connectivity index is 1.44. The van der Waals surface area contributed by atoms with E-state index in [1.807, 2.05) is 29.2 Å². The molecule has 3 rings (SSSR count). The van der Waals surface area contributed by atoms with Crippen LogP contribution in [-0.2, 0) is 4.79 Å². The second-order valence-corrected chi connectivity index (χ2v) is 7.25. The van der Waals surface area contributed by atoms with E-state index in [0.717, 1.165) is 57.1 Å². The van der Waals surface area contributed by atoms with Crippen LogP contribution in [0.25, 0.3) is 0 Å². The molecule has 1 amide bonds. The van der Waals surface area contributed by atoms with E-state index in [9.17, 15) is 4.79 Å². The van der Waals surface area contributed by atoms with Crippen molar-refractivity contribution in [2.75, 3.05) is 46.4 Å². The standard InChI is InChI=1S/C20H30N2O3/c1-3-22-16-20(9-8-19(22)23)10-12-21(13-11-20)14-15-25-18-7-5-4-6-17(18)24-2/h4-7H,3,8-16H2,1-2H3. The largest absolute Gasteiger partial charge is 0.493 e. The van der Waals surface area contributed by atoms with Crippen molar-refractivity contribution in [3.8, 4) is 11.5 Å². The molecule has 0 radical (unpaired) electrons. The Labute approximate surface area is 150 Å². The van der Waals surface area contributed by atoms with E-state index < -0.39 is 0 Å². The quantitative estimate of drug-likeness (QED) is 0.794. The Morgan fingerprint density at radius 1 is 1.12 bits per heavy atom. The van der Waals surface area contributed by atoms with Crippen LogP contribution in [0.15, 0.2) is 24.3 Å². The van der Waals surface area contributed by atoms with Gasteiger partial charge in [0.2, 0.25) is 5.91 Å². The fraction of sp³-hybridized carbons (Fsp3) is 0.650. The maximum absolute atomic E-state index is 11.9. The molecular weight excluding hydrogens is 316 g/mol. The smallest absolute Gasteiger partial charge is 0.222 e. The van der Waals surface area contributed by atoms with E-state index in [2.05, 4.69) is 11.8 Å². The molecule has 5 nitrogen and oxygen atoms in total. The summed E-state index contributed by atoms with van der Waals surface area (Å²) in [7, 11) is 1.67. The van der Waals surface area contributed by atoms with Crippen molar-refractivity contribution in [3.63, 3.8) is 0 Å². The molecule has 138 valence electrons. The minimum absolute atomic E-state index is 0.334. The number of benzene rings is 1. The molecule has 2 saturated heterocycles. The molecule has 5 heteroatoms. The highest BCUT2D eigenvalue weighted by atomic mass is 16.5. The molecule has 1 aromatic carbocycles. The SMILES string of the molecule is CCN1CC2(CCC1=O)CCN(CCOc1ccccc1OC)CC2. The van der Waals surface area contributed by atoms with Gasteiger partial charge >= 0.3 is 0 Å². The Hall–Kier alpha value is -1.75. The third kappa shape index (κ3) is 4.27. The lowest BCUT2D eigenvalue weighted by molar-refractivity contribution is -0.138. The Morgan fingerprint density at radius 3 is 2.52 bits per heavy atom. The fourth-order valence-electron chi connectivity index (χ4n) is 4.07. The van der Waals surface area contributed by atoms with Crippen LogP contribution in [0.1, 0.15) is 32.6 Å². The van der Waals surface area contributed by atoms with Gasteiger partial charge in [-0.3, -0.25) is 9.69 Å². The van der Waals surface area contributed by atoms with E-state index in [4.69, 9.17) is 9.47 Å². The van der Waals surface area contributed by atoms with Gasteiger partial charge < -0.3 is 14.4 Å². The topological polar surface area (TPSA) is 42.0 Å². The monoisotopic (exact) mass is 346 g/mol. The van der Waals surface area contributed by atoms with Crippen molar-refractivity contribution in [2.45, 2.75) is 32.6 Å². The number of para-hydroxylation sites is 2. The summed E-state index contributed by atoms with van der Waals surface area (Å²) >= 11 is 0. The second kappa shape index (κ2) is 8.09. The van der Waals surface area contributed by atoms with Crippen molar-refractivity contribution < 1.29 is 14.3 Å². The first-order chi connectivity index (χ1) is 12.2. The van der Waals surface area contributed by atoms with E-state index in [1.165, 1.54) is 12.8 Å². The van der Waals surface area contributed by atoms with Gasteiger partial charge in [0.1, 0.15) is 6.61 Å². The highest BCUT2D eigenvalue weighted by Crippen LogP contribution is 2.40. The number of likely N-dealkylation sites (tertiary alicyclic amines) is 2. The van der Waals surface area contributed by atoms with Gasteiger partial charge in [-0.1, -0.05) is 12.1 Å². The molecule has 0 N–H and O–H groups in total. The summed E-state index contributed by atoms with van der Waals surface area (Å²) in [5.74, 6) is 1.93. The van der Waals surface area contributed by atoms with Crippen molar-refractivity contribution in [2.24, 2.45) is 5.41 Å². The van der Waals surface area contributed by atoms with Crippen LogP contribution in [0.5, 0.6) is 11.5 Å². The summed E-state index contributed by atoms with van der Waals surface area (Å²) in [5.41, 5.74) is 0.351. The second-order valence-electron chi connectivity index (χ2n) is 7.25. The molecule has 2 aliphatic rings. The number of piperidine rings is 2. The lowest BCUT2D eigenvalue weighted by atomic mass is 9.72. The van der Waals surface area contributed by atoms with E-state index in [-0.39, 0.29) is 0 Å². The lowest BCUT2D eigenvalue weighted by Gasteiger charge is -2.47. The number of ether oxygens (including phenoxy) is 2. The minimum Gasteiger partial charge on any atom is -0.493 e.